The van der Waals surface area contributed by atoms with Crippen molar-refractivity contribution in [2.75, 3.05) is 13.7 Å². The molecule has 0 unspecified atom stereocenters. The second-order valence-electron chi connectivity index (χ2n) is 6.75. The topological polar surface area (TPSA) is 21.7 Å². The summed E-state index contributed by atoms with van der Waals surface area (Å²) in [6, 6.07) is 7.36. The number of hydrogen-bond acceptors (Lipinski definition) is 3. The van der Waals surface area contributed by atoms with Gasteiger partial charge < -0.3 is 9.47 Å². The van der Waals surface area contributed by atoms with Crippen LogP contribution in [0.25, 0.3) is 0 Å². The first-order valence-corrected chi connectivity index (χ1v) is 9.05. The lowest BCUT2D eigenvalue weighted by Crippen LogP contribution is -2.36. The molecular weight excluding hydrogens is 286 g/mol. The van der Waals surface area contributed by atoms with Crippen LogP contribution in [0.1, 0.15) is 65.9 Å². The van der Waals surface area contributed by atoms with Crippen molar-refractivity contribution in [3.8, 4) is 11.5 Å². The fourth-order valence-electron chi connectivity index (χ4n) is 2.81. The van der Waals surface area contributed by atoms with Crippen molar-refractivity contribution in [3.63, 3.8) is 0 Å². The van der Waals surface area contributed by atoms with Crippen LogP contribution >= 0.6 is 0 Å². The van der Waals surface area contributed by atoms with Gasteiger partial charge in [-0.05, 0) is 51.8 Å². The van der Waals surface area contributed by atoms with E-state index in [-0.39, 0.29) is 0 Å². The van der Waals surface area contributed by atoms with E-state index in [1.807, 2.05) is 6.07 Å². The van der Waals surface area contributed by atoms with E-state index in [0.29, 0.717) is 12.1 Å². The van der Waals surface area contributed by atoms with Gasteiger partial charge in [-0.15, -0.1) is 0 Å². The molecule has 0 heterocycles. The van der Waals surface area contributed by atoms with Crippen molar-refractivity contribution < 1.29 is 9.47 Å². The maximum atomic E-state index is 5.89. The number of methoxy groups -OCH3 is 1. The molecule has 0 atom stereocenters. The van der Waals surface area contributed by atoms with Crippen LogP contribution in [-0.4, -0.2) is 30.7 Å². The Hall–Kier alpha value is -1.22. The zero-order valence-electron chi connectivity index (χ0n) is 15.9. The normalized spacial score (nSPS) is 11.5. The van der Waals surface area contributed by atoms with Gasteiger partial charge in [-0.3, -0.25) is 4.90 Å². The summed E-state index contributed by atoms with van der Waals surface area (Å²) in [5.74, 6) is 1.69. The average Bonchev–Trinajstić information content (AvgIpc) is 2.52. The third kappa shape index (κ3) is 6.82. The third-order valence-electron chi connectivity index (χ3n) is 4.18. The maximum Gasteiger partial charge on any atom is 0.161 e. The predicted octanol–water partition coefficient (Wildman–Crippen LogP) is 5.27. The molecule has 0 saturated carbocycles. The highest BCUT2D eigenvalue weighted by atomic mass is 16.5. The lowest BCUT2D eigenvalue weighted by Gasteiger charge is -2.30. The minimum atomic E-state index is 0.524. The Morgan fingerprint density at radius 1 is 0.957 bits per heavy atom. The van der Waals surface area contributed by atoms with E-state index in [2.05, 4.69) is 51.7 Å². The van der Waals surface area contributed by atoms with Crippen molar-refractivity contribution in [3.05, 3.63) is 23.8 Å². The van der Waals surface area contributed by atoms with Crippen LogP contribution in [0.2, 0.25) is 0 Å². The Morgan fingerprint density at radius 3 is 2.22 bits per heavy atom. The number of benzene rings is 1. The van der Waals surface area contributed by atoms with Gasteiger partial charge in [0, 0.05) is 18.6 Å². The Labute approximate surface area is 143 Å². The number of hydrogen-bond donors (Lipinski definition) is 0. The molecular formula is C20H35NO2. The molecule has 0 radical (unpaired) electrons. The molecule has 1 aromatic rings. The highest BCUT2D eigenvalue weighted by molar-refractivity contribution is 5.43. The molecule has 3 nitrogen and oxygen atoms in total. The SMILES string of the molecule is CCCCCCOc1ccc(CN(C(C)C)C(C)C)cc1OC. The smallest absolute Gasteiger partial charge is 0.161 e. The molecule has 0 bridgehead atoms. The molecule has 0 aliphatic rings. The molecule has 0 amide bonds. The van der Waals surface area contributed by atoms with Crippen LogP contribution < -0.4 is 9.47 Å². The van der Waals surface area contributed by atoms with Gasteiger partial charge in [0.1, 0.15) is 0 Å². The van der Waals surface area contributed by atoms with Gasteiger partial charge in [0.2, 0.25) is 0 Å². The first-order chi connectivity index (χ1) is 11.0. The van der Waals surface area contributed by atoms with Gasteiger partial charge >= 0.3 is 0 Å². The molecule has 0 saturated heterocycles. The Kier molecular flexibility index (Phi) is 9.08. The fourth-order valence-corrected chi connectivity index (χ4v) is 2.81. The van der Waals surface area contributed by atoms with Crippen molar-refractivity contribution in [2.45, 2.75) is 78.9 Å². The summed E-state index contributed by atoms with van der Waals surface area (Å²) in [5.41, 5.74) is 1.27. The second kappa shape index (κ2) is 10.5. The lowest BCUT2D eigenvalue weighted by molar-refractivity contribution is 0.165. The van der Waals surface area contributed by atoms with Crippen molar-refractivity contribution in [1.29, 1.82) is 0 Å². The maximum absolute atomic E-state index is 5.89. The molecule has 0 N–H and O–H groups in total. The van der Waals surface area contributed by atoms with E-state index < -0.39 is 0 Å². The molecule has 1 aromatic carbocycles. The molecule has 0 aliphatic carbocycles. The molecule has 0 fully saturated rings. The van der Waals surface area contributed by atoms with Crippen molar-refractivity contribution in [1.82, 2.24) is 4.90 Å². The minimum Gasteiger partial charge on any atom is -0.493 e. The molecule has 1 rings (SSSR count). The zero-order chi connectivity index (χ0) is 17.2. The Morgan fingerprint density at radius 2 is 1.65 bits per heavy atom. The van der Waals surface area contributed by atoms with E-state index >= 15 is 0 Å². The van der Waals surface area contributed by atoms with Crippen LogP contribution in [0.4, 0.5) is 0 Å². The molecule has 132 valence electrons. The lowest BCUT2D eigenvalue weighted by atomic mass is 10.1. The first kappa shape index (κ1) is 19.8. The molecule has 3 heteroatoms. The molecule has 0 aliphatic heterocycles. The summed E-state index contributed by atoms with van der Waals surface area (Å²) in [6.07, 6.45) is 4.86. The summed E-state index contributed by atoms with van der Waals surface area (Å²) in [5, 5.41) is 0. The van der Waals surface area contributed by atoms with Gasteiger partial charge in [0.25, 0.3) is 0 Å². The van der Waals surface area contributed by atoms with Gasteiger partial charge in [-0.2, -0.15) is 0 Å². The van der Waals surface area contributed by atoms with Crippen LogP contribution in [0.15, 0.2) is 18.2 Å². The standard InChI is InChI=1S/C20H35NO2/c1-7-8-9-10-13-23-19-12-11-18(14-20(19)22-6)15-21(16(2)3)17(4)5/h11-12,14,16-17H,7-10,13,15H2,1-6H3. The van der Waals surface area contributed by atoms with Crippen LogP contribution in [0.3, 0.4) is 0 Å². The Bertz CT molecular complexity index is 435. The minimum absolute atomic E-state index is 0.524. The monoisotopic (exact) mass is 321 g/mol. The predicted molar refractivity (Wildman–Crippen MR) is 98.4 cm³/mol. The summed E-state index contributed by atoms with van der Waals surface area (Å²) in [7, 11) is 1.71. The number of nitrogens with zero attached hydrogens (tertiary/aromatic N) is 1. The zero-order valence-corrected chi connectivity index (χ0v) is 15.9. The summed E-state index contributed by atoms with van der Waals surface area (Å²) >= 11 is 0. The summed E-state index contributed by atoms with van der Waals surface area (Å²) in [4.78, 5) is 2.47. The number of ether oxygens (including phenoxy) is 2. The van der Waals surface area contributed by atoms with Crippen LogP contribution in [-0.2, 0) is 6.54 Å². The Balaban J connectivity index is 2.68. The van der Waals surface area contributed by atoms with E-state index in [1.165, 1.54) is 24.8 Å². The van der Waals surface area contributed by atoms with Crippen LogP contribution in [0.5, 0.6) is 11.5 Å². The van der Waals surface area contributed by atoms with Crippen LogP contribution in [0, 0.1) is 0 Å². The quantitative estimate of drug-likeness (QED) is 0.518. The van der Waals surface area contributed by atoms with Gasteiger partial charge in [0.05, 0.1) is 13.7 Å². The molecule has 0 aromatic heterocycles. The average molecular weight is 322 g/mol. The summed E-state index contributed by atoms with van der Waals surface area (Å²) < 4.78 is 11.4. The highest BCUT2D eigenvalue weighted by Crippen LogP contribution is 2.29. The highest BCUT2D eigenvalue weighted by Gasteiger charge is 2.15. The third-order valence-corrected chi connectivity index (χ3v) is 4.18. The molecule has 0 spiro atoms. The van der Waals surface area contributed by atoms with E-state index in [1.54, 1.807) is 7.11 Å². The van der Waals surface area contributed by atoms with Crippen molar-refractivity contribution >= 4 is 0 Å². The largest absolute Gasteiger partial charge is 0.493 e. The van der Waals surface area contributed by atoms with E-state index in [9.17, 15) is 0 Å². The fraction of sp³-hybridized carbons (Fsp3) is 0.700. The number of unbranched alkanes of at least 4 members (excludes halogenated alkanes) is 3. The van der Waals surface area contributed by atoms with Gasteiger partial charge in [-0.1, -0.05) is 32.3 Å². The second-order valence-corrected chi connectivity index (χ2v) is 6.75. The summed E-state index contributed by atoms with van der Waals surface area (Å²) in [6.45, 7) is 12.9. The van der Waals surface area contributed by atoms with Gasteiger partial charge in [0.15, 0.2) is 11.5 Å². The first-order valence-electron chi connectivity index (χ1n) is 9.05. The van der Waals surface area contributed by atoms with Gasteiger partial charge in [-0.25, -0.2) is 0 Å². The van der Waals surface area contributed by atoms with E-state index in [0.717, 1.165) is 31.1 Å². The van der Waals surface area contributed by atoms with Crippen molar-refractivity contribution in [2.24, 2.45) is 0 Å². The molecule has 23 heavy (non-hydrogen) atoms. The number of rotatable bonds is 11. The van der Waals surface area contributed by atoms with E-state index in [4.69, 9.17) is 9.47 Å².